The number of aromatic hydroxyl groups is 1. The molecule has 3 atom stereocenters. The first kappa shape index (κ1) is 28.4. The predicted octanol–water partition coefficient (Wildman–Crippen LogP) is 0.867. The molecule has 188 valence electrons. The van der Waals surface area contributed by atoms with E-state index in [2.05, 4.69) is 9.68 Å². The minimum Gasteiger partial charge on any atom is -0.508 e. The zero-order valence-corrected chi connectivity index (χ0v) is 17.8. The number of rotatable bonds is 15. The van der Waals surface area contributed by atoms with Gasteiger partial charge in [0.05, 0.1) is 17.4 Å². The third-order valence-corrected chi connectivity index (χ3v) is 4.00. The number of nitrogens with two attached hydrogens (primary N) is 1. The summed E-state index contributed by atoms with van der Waals surface area (Å²) < 4.78 is 14.6. The fourth-order valence-corrected chi connectivity index (χ4v) is 2.49. The van der Waals surface area contributed by atoms with Crippen LogP contribution in [0, 0.1) is 0 Å². The Bertz CT molecular complexity index is 703. The SMILES string of the molecule is CC(OC(=O)OCCCCC(CON(O)O)ON(O)O)OC(=O)C(N)Cc1ccc(O)cc1. The molecular weight excluding hydrogens is 450 g/mol. The highest BCUT2D eigenvalue weighted by atomic mass is 17.1. The molecule has 0 saturated carbocycles. The lowest BCUT2D eigenvalue weighted by molar-refractivity contribution is -0.527. The number of phenols is 1. The van der Waals surface area contributed by atoms with Gasteiger partial charge in [0.1, 0.15) is 24.5 Å². The molecule has 3 unspecified atom stereocenters. The maximum absolute atomic E-state index is 12.0. The topological polar surface area (TPSA) is 214 Å². The highest BCUT2D eigenvalue weighted by Crippen LogP contribution is 2.12. The second-order valence-electron chi connectivity index (χ2n) is 6.72. The molecule has 0 saturated heterocycles. The average Bonchev–Trinajstić information content (AvgIpc) is 2.72. The molecule has 0 amide bonds. The number of ether oxygens (including phenoxy) is 3. The Labute approximate surface area is 188 Å². The van der Waals surface area contributed by atoms with Crippen LogP contribution in [0.5, 0.6) is 5.75 Å². The van der Waals surface area contributed by atoms with Crippen LogP contribution < -0.4 is 5.73 Å². The average molecular weight is 479 g/mol. The van der Waals surface area contributed by atoms with Gasteiger partial charge >= 0.3 is 12.1 Å². The van der Waals surface area contributed by atoms with Crippen molar-refractivity contribution in [2.75, 3.05) is 13.2 Å². The summed E-state index contributed by atoms with van der Waals surface area (Å²) in [6, 6.07) is 5.13. The third-order valence-electron chi connectivity index (χ3n) is 4.00. The highest BCUT2D eigenvalue weighted by molar-refractivity contribution is 5.76. The first-order valence-electron chi connectivity index (χ1n) is 9.79. The van der Waals surface area contributed by atoms with Gasteiger partial charge in [0, 0.05) is 6.92 Å². The molecule has 0 aliphatic carbocycles. The number of benzene rings is 1. The van der Waals surface area contributed by atoms with Crippen molar-refractivity contribution in [3.63, 3.8) is 0 Å². The van der Waals surface area contributed by atoms with E-state index in [-0.39, 0.29) is 25.2 Å². The quantitative estimate of drug-likeness (QED) is 0.0890. The number of carbonyl (C=O) groups excluding carboxylic acids is 2. The van der Waals surface area contributed by atoms with Crippen LogP contribution in [0.3, 0.4) is 0 Å². The van der Waals surface area contributed by atoms with E-state index in [1.807, 2.05) is 0 Å². The van der Waals surface area contributed by atoms with E-state index in [4.69, 9.17) is 40.8 Å². The summed E-state index contributed by atoms with van der Waals surface area (Å²) in [6.07, 6.45) is -2.25. The van der Waals surface area contributed by atoms with Crippen molar-refractivity contribution < 1.29 is 59.4 Å². The number of carbonyl (C=O) groups is 2. The van der Waals surface area contributed by atoms with Crippen LogP contribution in [0.4, 0.5) is 4.79 Å². The lowest BCUT2D eigenvalue weighted by Crippen LogP contribution is -2.37. The zero-order valence-electron chi connectivity index (χ0n) is 17.8. The van der Waals surface area contributed by atoms with Gasteiger partial charge in [-0.25, -0.2) is 14.5 Å². The van der Waals surface area contributed by atoms with E-state index >= 15 is 0 Å². The van der Waals surface area contributed by atoms with E-state index < -0.39 is 47.9 Å². The highest BCUT2D eigenvalue weighted by Gasteiger charge is 2.21. The lowest BCUT2D eigenvalue weighted by Gasteiger charge is -2.19. The van der Waals surface area contributed by atoms with Crippen molar-refractivity contribution in [2.24, 2.45) is 5.73 Å². The second-order valence-corrected chi connectivity index (χ2v) is 6.72. The summed E-state index contributed by atoms with van der Waals surface area (Å²) in [7, 11) is 0. The van der Waals surface area contributed by atoms with Crippen molar-refractivity contribution in [2.45, 2.75) is 51.0 Å². The molecule has 33 heavy (non-hydrogen) atoms. The number of hydrogen-bond acceptors (Lipinski definition) is 15. The van der Waals surface area contributed by atoms with Crippen molar-refractivity contribution in [3.8, 4) is 5.75 Å². The van der Waals surface area contributed by atoms with Crippen LogP contribution in [-0.2, 0) is 35.1 Å². The maximum Gasteiger partial charge on any atom is 0.511 e. The van der Waals surface area contributed by atoms with Gasteiger partial charge in [-0.15, -0.1) is 0 Å². The Kier molecular flexibility index (Phi) is 13.2. The molecule has 0 bridgehead atoms. The summed E-state index contributed by atoms with van der Waals surface area (Å²) in [6.45, 7) is 0.836. The normalized spacial score (nSPS) is 14.1. The first-order chi connectivity index (χ1) is 15.6. The summed E-state index contributed by atoms with van der Waals surface area (Å²) in [4.78, 5) is 32.6. The molecule has 0 aromatic heterocycles. The third kappa shape index (κ3) is 13.5. The number of esters is 1. The summed E-state index contributed by atoms with van der Waals surface area (Å²) in [5.74, 6) is -0.706. The van der Waals surface area contributed by atoms with Gasteiger partial charge in [-0.3, -0.25) is 25.6 Å². The molecule has 0 spiro atoms. The van der Waals surface area contributed by atoms with Crippen LogP contribution in [0.1, 0.15) is 31.7 Å². The summed E-state index contributed by atoms with van der Waals surface area (Å²) >= 11 is 0. The molecule has 15 heteroatoms. The Morgan fingerprint density at radius 2 is 1.70 bits per heavy atom. The smallest absolute Gasteiger partial charge is 0.508 e. The van der Waals surface area contributed by atoms with Gasteiger partial charge in [-0.2, -0.15) is 0 Å². The molecule has 1 aromatic carbocycles. The Balaban J connectivity index is 2.24. The molecule has 1 aromatic rings. The molecule has 0 aliphatic rings. The largest absolute Gasteiger partial charge is 0.511 e. The van der Waals surface area contributed by atoms with Crippen LogP contribution >= 0.6 is 0 Å². The predicted molar refractivity (Wildman–Crippen MR) is 103 cm³/mol. The van der Waals surface area contributed by atoms with Crippen LogP contribution in [0.2, 0.25) is 0 Å². The van der Waals surface area contributed by atoms with Gasteiger partial charge in [-0.1, -0.05) is 12.1 Å². The Morgan fingerprint density at radius 1 is 1.03 bits per heavy atom. The zero-order chi connectivity index (χ0) is 24.8. The molecule has 1 rings (SSSR count). The molecular formula is C18H29N3O12. The fraction of sp³-hybridized carbons (Fsp3) is 0.556. The molecule has 7 N–H and O–H groups in total. The maximum atomic E-state index is 12.0. The fourth-order valence-electron chi connectivity index (χ4n) is 2.49. The number of phenolic OH excluding ortho intramolecular Hbond substituents is 1. The van der Waals surface area contributed by atoms with Crippen LogP contribution in [-0.4, -0.2) is 80.5 Å². The minimum absolute atomic E-state index is 0.0679. The molecule has 0 radical (unpaired) electrons. The second kappa shape index (κ2) is 15.3. The Hall–Kier alpha value is -2.60. The molecule has 15 nitrogen and oxygen atoms in total. The van der Waals surface area contributed by atoms with Crippen molar-refractivity contribution >= 4 is 12.1 Å². The van der Waals surface area contributed by atoms with Gasteiger partial charge in [0.25, 0.3) is 0 Å². The number of nitrogens with zero attached hydrogens (tertiary/aromatic N) is 2. The van der Waals surface area contributed by atoms with E-state index in [9.17, 15) is 14.7 Å². The van der Waals surface area contributed by atoms with Crippen molar-refractivity contribution in [3.05, 3.63) is 29.8 Å². The van der Waals surface area contributed by atoms with Crippen LogP contribution in [0.15, 0.2) is 24.3 Å². The monoisotopic (exact) mass is 479 g/mol. The Morgan fingerprint density at radius 3 is 2.30 bits per heavy atom. The van der Waals surface area contributed by atoms with Gasteiger partial charge in [-0.05, 0) is 43.4 Å². The standard InChI is InChI=1S/C18H29N3O12/c1-12(31-17(23)16(19)10-13-5-7-14(22)8-6-13)32-18(24)29-9-3-2-4-15(33-21(27)28)11-30-20(25)26/h5-8,12,15-16,22,25-28H,2-4,9-11,19H2,1H3. The van der Waals surface area contributed by atoms with Crippen LogP contribution in [0.25, 0.3) is 0 Å². The van der Waals surface area contributed by atoms with E-state index in [1.165, 1.54) is 19.1 Å². The van der Waals surface area contributed by atoms with E-state index in [1.54, 1.807) is 12.1 Å². The van der Waals surface area contributed by atoms with Gasteiger partial charge in [0.15, 0.2) is 0 Å². The van der Waals surface area contributed by atoms with Crippen molar-refractivity contribution in [1.82, 2.24) is 10.8 Å². The molecule has 0 fully saturated rings. The van der Waals surface area contributed by atoms with Crippen molar-refractivity contribution in [1.29, 1.82) is 0 Å². The number of unbranched alkanes of at least 4 members (excludes halogenated alkanes) is 1. The first-order valence-corrected chi connectivity index (χ1v) is 9.79. The van der Waals surface area contributed by atoms with Gasteiger partial charge < -0.3 is 25.1 Å². The van der Waals surface area contributed by atoms with Gasteiger partial charge in [0.2, 0.25) is 6.29 Å². The number of hydrogen-bond donors (Lipinski definition) is 6. The molecule has 0 heterocycles. The minimum atomic E-state index is -1.24. The summed E-state index contributed by atoms with van der Waals surface area (Å²) in [5.41, 5.74) is 6.49. The summed E-state index contributed by atoms with van der Waals surface area (Å²) in [5, 5.41) is 42.5. The molecule has 0 aliphatic heterocycles. The van der Waals surface area contributed by atoms with E-state index in [0.717, 1.165) is 0 Å². The lowest BCUT2D eigenvalue weighted by atomic mass is 10.1. The van der Waals surface area contributed by atoms with E-state index in [0.29, 0.717) is 18.4 Å².